The van der Waals surface area contributed by atoms with Crippen molar-refractivity contribution < 1.29 is 8.78 Å². The summed E-state index contributed by atoms with van der Waals surface area (Å²) in [6.45, 7) is 9.40. The molecule has 0 saturated heterocycles. The van der Waals surface area contributed by atoms with Crippen LogP contribution in [-0.4, -0.2) is 26.5 Å². The minimum Gasteiger partial charge on any atom is -0.322 e. The molecule has 0 radical (unpaired) electrons. The molecule has 3 aromatic carbocycles. The second-order valence-electron chi connectivity index (χ2n) is 9.10. The van der Waals surface area contributed by atoms with Gasteiger partial charge in [-0.2, -0.15) is 0 Å². The van der Waals surface area contributed by atoms with Gasteiger partial charge in [0, 0.05) is 25.8 Å². The van der Waals surface area contributed by atoms with E-state index < -0.39 is 0 Å². The molecule has 0 N–H and O–H groups in total. The molecule has 0 saturated carbocycles. The van der Waals surface area contributed by atoms with Gasteiger partial charge in [0.15, 0.2) is 11.5 Å². The van der Waals surface area contributed by atoms with Crippen molar-refractivity contribution in [2.45, 2.75) is 26.1 Å². The highest BCUT2D eigenvalue weighted by atomic mass is 19.1. The van der Waals surface area contributed by atoms with Crippen LogP contribution in [-0.2, 0) is 26.1 Å². The summed E-state index contributed by atoms with van der Waals surface area (Å²) in [6, 6.07) is 22.7. The number of nitrogens with zero attached hydrogens (tertiary/aromatic N) is 5. The molecule has 0 bridgehead atoms. The van der Waals surface area contributed by atoms with Crippen molar-refractivity contribution in [2.75, 3.05) is 7.05 Å². The molecule has 2 aromatic heterocycles. The molecule has 5 rings (SSSR count). The Kier molecular flexibility index (Phi) is 7.02. The molecule has 0 fully saturated rings. The van der Waals surface area contributed by atoms with E-state index in [-0.39, 0.29) is 11.6 Å². The average Bonchev–Trinajstić information content (AvgIpc) is 3.27. The number of rotatable bonds is 8. The van der Waals surface area contributed by atoms with Crippen molar-refractivity contribution in [1.29, 1.82) is 0 Å². The number of aryl methyl sites for hydroxylation is 2. The maximum Gasteiger partial charge on any atom is 0.191 e. The number of hydrogen-bond donors (Lipinski definition) is 0. The van der Waals surface area contributed by atoms with Gasteiger partial charge in [0.2, 0.25) is 0 Å². The van der Waals surface area contributed by atoms with Gasteiger partial charge in [-0.15, -0.1) is 0 Å². The van der Waals surface area contributed by atoms with Gasteiger partial charge in [-0.3, -0.25) is 9.88 Å². The fourth-order valence-electron chi connectivity index (χ4n) is 4.46. The summed E-state index contributed by atoms with van der Waals surface area (Å²) in [4.78, 5) is 15.1. The van der Waals surface area contributed by atoms with E-state index in [1.165, 1.54) is 24.3 Å². The minimum absolute atomic E-state index is 0.238. The number of benzene rings is 3. The molecule has 0 aliphatic heterocycles. The number of hydrogen-bond acceptors (Lipinski definition) is 3. The van der Waals surface area contributed by atoms with E-state index in [2.05, 4.69) is 31.4 Å². The maximum atomic E-state index is 13.4. The predicted molar refractivity (Wildman–Crippen MR) is 141 cm³/mol. The van der Waals surface area contributed by atoms with Crippen LogP contribution in [0.2, 0.25) is 0 Å². The van der Waals surface area contributed by atoms with Gasteiger partial charge in [0.1, 0.15) is 11.6 Å². The summed E-state index contributed by atoms with van der Waals surface area (Å²) in [5.74, 6) is 0.199. The number of halogens is 2. The number of aromatic nitrogens is 3. The Morgan fingerprint density at radius 3 is 2.19 bits per heavy atom. The molecule has 0 unspecified atom stereocenters. The Balaban J connectivity index is 1.47. The highest BCUT2D eigenvalue weighted by molar-refractivity contribution is 5.81. The lowest BCUT2D eigenvalue weighted by Crippen LogP contribution is -2.17. The molecule has 37 heavy (non-hydrogen) atoms. The molecule has 5 aromatic rings. The first-order valence-electron chi connectivity index (χ1n) is 12.0. The highest BCUT2D eigenvalue weighted by Crippen LogP contribution is 2.27. The van der Waals surface area contributed by atoms with Crippen LogP contribution in [0.15, 0.2) is 85.1 Å². The third-order valence-corrected chi connectivity index (χ3v) is 6.27. The molecule has 0 spiro atoms. The Bertz CT molecular complexity index is 1570. The van der Waals surface area contributed by atoms with Crippen molar-refractivity contribution in [2.24, 2.45) is 0 Å². The van der Waals surface area contributed by atoms with Crippen LogP contribution >= 0.6 is 0 Å². The van der Waals surface area contributed by atoms with Gasteiger partial charge in [-0.25, -0.2) is 18.6 Å². The molecule has 0 amide bonds. The lowest BCUT2D eigenvalue weighted by Gasteiger charge is -2.17. The number of imidazole rings is 1. The van der Waals surface area contributed by atoms with Gasteiger partial charge < -0.3 is 4.57 Å². The van der Waals surface area contributed by atoms with E-state index >= 15 is 0 Å². The third-order valence-electron chi connectivity index (χ3n) is 6.27. The zero-order valence-corrected chi connectivity index (χ0v) is 20.4. The zero-order chi connectivity index (χ0) is 25.8. The lowest BCUT2D eigenvalue weighted by molar-refractivity contribution is 0.319. The highest BCUT2D eigenvalue weighted by Gasteiger charge is 2.15. The van der Waals surface area contributed by atoms with E-state index in [0.29, 0.717) is 43.3 Å². The smallest absolute Gasteiger partial charge is 0.191 e. The minimum atomic E-state index is -0.257. The quantitative estimate of drug-likeness (QED) is 0.223. The van der Waals surface area contributed by atoms with Crippen LogP contribution in [0.25, 0.3) is 27.4 Å². The van der Waals surface area contributed by atoms with Crippen LogP contribution in [0.3, 0.4) is 0 Å². The molecule has 0 atom stereocenters. The Morgan fingerprint density at radius 2 is 1.49 bits per heavy atom. The number of pyridine rings is 1. The largest absolute Gasteiger partial charge is 0.322 e. The second kappa shape index (κ2) is 10.7. The summed E-state index contributed by atoms with van der Waals surface area (Å²) in [7, 11) is 2.03. The van der Waals surface area contributed by atoms with Crippen molar-refractivity contribution in [1.82, 2.24) is 19.4 Å². The molecule has 7 heteroatoms. The van der Waals surface area contributed by atoms with Gasteiger partial charge in [-0.05, 0) is 78.7 Å². The van der Waals surface area contributed by atoms with E-state index in [4.69, 9.17) is 11.6 Å². The van der Waals surface area contributed by atoms with Crippen LogP contribution in [0.4, 0.5) is 14.5 Å². The van der Waals surface area contributed by atoms with Gasteiger partial charge >= 0.3 is 0 Å². The van der Waals surface area contributed by atoms with Gasteiger partial charge in [0.05, 0.1) is 23.3 Å². The van der Waals surface area contributed by atoms with E-state index in [1.807, 2.05) is 13.1 Å². The summed E-state index contributed by atoms with van der Waals surface area (Å²) >= 11 is 0. The molecule has 5 nitrogen and oxygen atoms in total. The van der Waals surface area contributed by atoms with Crippen LogP contribution < -0.4 is 0 Å². The first kappa shape index (κ1) is 24.3. The fourth-order valence-corrected chi connectivity index (χ4v) is 4.46. The fraction of sp³-hybridized carbons (Fsp3) is 0.167. The monoisotopic (exact) mass is 493 g/mol. The van der Waals surface area contributed by atoms with E-state index in [9.17, 15) is 8.78 Å². The van der Waals surface area contributed by atoms with Crippen molar-refractivity contribution >= 4 is 16.7 Å². The van der Waals surface area contributed by atoms with Crippen molar-refractivity contribution in [3.05, 3.63) is 125 Å². The third kappa shape index (κ3) is 5.71. The topological polar surface area (TPSA) is 38.3 Å². The maximum absolute atomic E-state index is 13.4. The molecule has 0 aliphatic carbocycles. The Hall–Kier alpha value is -4.41. The molecular formula is C30H25F2N5. The Morgan fingerprint density at radius 1 is 0.838 bits per heavy atom. The van der Waals surface area contributed by atoms with Crippen LogP contribution in [0, 0.1) is 18.2 Å². The standard InChI is InChI=1S/C30H25F2N5/c1-33-26-13-15-34-28(18-26)30-35-27-12-7-23(20-36(2)19-22-5-10-25(32)11-6-22)17-29(27)37(30)16-14-21-3-8-24(31)9-4-21/h3-13,15,17-18H,14,16,19-20H2,2H3. The van der Waals surface area contributed by atoms with Crippen molar-refractivity contribution in [3.63, 3.8) is 0 Å². The normalized spacial score (nSPS) is 11.2. The number of fused-ring (bicyclic) bond motifs is 1. The van der Waals surface area contributed by atoms with E-state index in [1.54, 1.807) is 42.6 Å². The van der Waals surface area contributed by atoms with Crippen molar-refractivity contribution in [3.8, 4) is 11.5 Å². The summed E-state index contributed by atoms with van der Waals surface area (Å²) in [5, 5.41) is 0. The van der Waals surface area contributed by atoms with Crippen LogP contribution in [0.1, 0.15) is 16.7 Å². The molecule has 0 aliphatic rings. The SMILES string of the molecule is [C-]#[N+]c1ccnc(-c2nc3ccc(CN(C)Cc4ccc(F)cc4)cc3n2CCc2ccc(F)cc2)c1. The molecule has 184 valence electrons. The second-order valence-corrected chi connectivity index (χ2v) is 9.10. The van der Waals surface area contributed by atoms with Crippen LogP contribution in [0.5, 0.6) is 0 Å². The van der Waals surface area contributed by atoms with Gasteiger partial charge in [-0.1, -0.05) is 30.3 Å². The molecular weight excluding hydrogens is 468 g/mol. The summed E-state index contributed by atoms with van der Waals surface area (Å²) in [6.07, 6.45) is 2.32. The molecule has 2 heterocycles. The predicted octanol–water partition coefficient (Wildman–Crippen LogP) is 6.80. The van der Waals surface area contributed by atoms with E-state index in [0.717, 1.165) is 27.7 Å². The Labute approximate surface area is 214 Å². The zero-order valence-electron chi connectivity index (χ0n) is 20.4. The average molecular weight is 494 g/mol. The first-order valence-corrected chi connectivity index (χ1v) is 12.0. The summed E-state index contributed by atoms with van der Waals surface area (Å²) < 4.78 is 28.8. The summed E-state index contributed by atoms with van der Waals surface area (Å²) in [5.41, 5.74) is 6.14. The van der Waals surface area contributed by atoms with Gasteiger partial charge in [0.25, 0.3) is 0 Å². The first-order chi connectivity index (χ1) is 18.0. The lowest BCUT2D eigenvalue weighted by atomic mass is 10.1.